The lowest BCUT2D eigenvalue weighted by molar-refractivity contribution is 0.0739. The standard InChI is InChI=1S/C28H29N3O4/c1-33-23-9-10-26-20(15-23)16-27(31(26)21-7-5-4-6-8-21)28(32)30-13-11-29(12-14-30)22-17-24(34-2)19-25(18-22)35-3/h4-10,15-19H,11-14H2,1-3H3. The minimum Gasteiger partial charge on any atom is -0.497 e. The van der Waals surface area contributed by atoms with Crippen LogP contribution in [0.4, 0.5) is 5.69 Å². The van der Waals surface area contributed by atoms with Crippen molar-refractivity contribution in [2.24, 2.45) is 0 Å². The number of fused-ring (bicyclic) bond motifs is 1. The molecule has 0 bridgehead atoms. The first-order valence-electron chi connectivity index (χ1n) is 11.6. The first-order chi connectivity index (χ1) is 17.1. The second-order valence-electron chi connectivity index (χ2n) is 8.48. The zero-order chi connectivity index (χ0) is 24.4. The van der Waals surface area contributed by atoms with Gasteiger partial charge < -0.3 is 28.6 Å². The highest BCUT2D eigenvalue weighted by molar-refractivity contribution is 6.00. The first-order valence-corrected chi connectivity index (χ1v) is 11.6. The topological polar surface area (TPSA) is 56.2 Å². The van der Waals surface area contributed by atoms with Crippen LogP contribution in [0.3, 0.4) is 0 Å². The number of ether oxygens (including phenoxy) is 3. The largest absolute Gasteiger partial charge is 0.497 e. The monoisotopic (exact) mass is 471 g/mol. The van der Waals surface area contributed by atoms with Gasteiger partial charge in [0.05, 0.1) is 26.8 Å². The molecule has 0 radical (unpaired) electrons. The van der Waals surface area contributed by atoms with Crippen LogP contribution in [0, 0.1) is 0 Å². The molecule has 0 unspecified atom stereocenters. The molecule has 5 rings (SSSR count). The maximum absolute atomic E-state index is 13.8. The van der Waals surface area contributed by atoms with Gasteiger partial charge in [0.25, 0.3) is 5.91 Å². The number of aromatic nitrogens is 1. The molecule has 1 aliphatic rings. The van der Waals surface area contributed by atoms with Crippen molar-refractivity contribution in [1.82, 2.24) is 9.47 Å². The van der Waals surface area contributed by atoms with Gasteiger partial charge >= 0.3 is 0 Å². The summed E-state index contributed by atoms with van der Waals surface area (Å²) in [7, 11) is 4.95. The van der Waals surface area contributed by atoms with Crippen LogP contribution in [0.15, 0.2) is 72.8 Å². The molecule has 7 nitrogen and oxygen atoms in total. The van der Waals surface area contributed by atoms with E-state index in [9.17, 15) is 4.79 Å². The highest BCUT2D eigenvalue weighted by atomic mass is 16.5. The normalized spacial score (nSPS) is 13.7. The van der Waals surface area contributed by atoms with Gasteiger partial charge in [0, 0.05) is 61.1 Å². The van der Waals surface area contributed by atoms with E-state index in [1.54, 1.807) is 21.3 Å². The van der Waals surface area contributed by atoms with Crippen molar-refractivity contribution >= 4 is 22.5 Å². The van der Waals surface area contributed by atoms with Crippen molar-refractivity contribution in [1.29, 1.82) is 0 Å². The molecule has 7 heteroatoms. The molecule has 0 aliphatic carbocycles. The Balaban J connectivity index is 1.43. The Morgan fingerprint density at radius 1 is 0.686 bits per heavy atom. The summed E-state index contributed by atoms with van der Waals surface area (Å²) < 4.78 is 18.3. The quantitative estimate of drug-likeness (QED) is 0.411. The smallest absolute Gasteiger partial charge is 0.270 e. The van der Waals surface area contributed by atoms with Gasteiger partial charge in [-0.2, -0.15) is 0 Å². The molecular formula is C28H29N3O4. The van der Waals surface area contributed by atoms with E-state index in [2.05, 4.69) is 4.90 Å². The number of carbonyl (C=O) groups excluding carboxylic acids is 1. The van der Waals surface area contributed by atoms with Crippen LogP contribution >= 0.6 is 0 Å². The zero-order valence-corrected chi connectivity index (χ0v) is 20.2. The Bertz CT molecular complexity index is 1320. The van der Waals surface area contributed by atoms with Crippen LogP contribution < -0.4 is 19.1 Å². The number of methoxy groups -OCH3 is 3. The molecule has 1 aromatic heterocycles. The highest BCUT2D eigenvalue weighted by Gasteiger charge is 2.26. The lowest BCUT2D eigenvalue weighted by Crippen LogP contribution is -2.49. The van der Waals surface area contributed by atoms with Crippen molar-refractivity contribution in [3.8, 4) is 22.9 Å². The fraction of sp³-hybridized carbons (Fsp3) is 0.250. The van der Waals surface area contributed by atoms with Crippen molar-refractivity contribution < 1.29 is 19.0 Å². The SMILES string of the molecule is COc1cc(OC)cc(N2CCN(C(=O)c3cc4cc(OC)ccc4n3-c3ccccc3)CC2)c1. The molecule has 2 heterocycles. The van der Waals surface area contributed by atoms with Gasteiger partial charge in [0.2, 0.25) is 0 Å². The van der Waals surface area contributed by atoms with E-state index in [1.165, 1.54) is 0 Å². The van der Waals surface area contributed by atoms with E-state index in [0.29, 0.717) is 18.8 Å². The second-order valence-corrected chi connectivity index (χ2v) is 8.48. The third-order valence-corrected chi connectivity index (χ3v) is 6.51. The third kappa shape index (κ3) is 4.37. The summed E-state index contributed by atoms with van der Waals surface area (Å²) in [6.07, 6.45) is 0. The minimum atomic E-state index is 0.0203. The number of para-hydroxylation sites is 1. The summed E-state index contributed by atoms with van der Waals surface area (Å²) in [5.41, 5.74) is 3.61. The van der Waals surface area contributed by atoms with E-state index >= 15 is 0 Å². The van der Waals surface area contributed by atoms with E-state index < -0.39 is 0 Å². The van der Waals surface area contributed by atoms with Crippen molar-refractivity contribution in [3.05, 3.63) is 78.5 Å². The molecule has 1 fully saturated rings. The maximum atomic E-state index is 13.8. The van der Waals surface area contributed by atoms with Gasteiger partial charge in [-0.25, -0.2) is 0 Å². The van der Waals surface area contributed by atoms with E-state index in [4.69, 9.17) is 14.2 Å². The molecule has 3 aromatic carbocycles. The molecule has 0 spiro atoms. The van der Waals surface area contributed by atoms with Crippen LogP contribution in [-0.4, -0.2) is 62.9 Å². The number of amides is 1. The number of piperazine rings is 1. The number of rotatable bonds is 6. The molecule has 180 valence electrons. The average molecular weight is 472 g/mol. The van der Waals surface area contributed by atoms with Gasteiger partial charge in [0.1, 0.15) is 22.9 Å². The number of carbonyl (C=O) groups is 1. The van der Waals surface area contributed by atoms with Gasteiger partial charge in [-0.15, -0.1) is 0 Å². The fourth-order valence-electron chi connectivity index (χ4n) is 4.64. The molecule has 1 amide bonds. The predicted octanol–water partition coefficient (Wildman–Crippen LogP) is 4.62. The predicted molar refractivity (Wildman–Crippen MR) is 137 cm³/mol. The Hall–Kier alpha value is -4.13. The van der Waals surface area contributed by atoms with Crippen LogP contribution in [0.1, 0.15) is 10.5 Å². The lowest BCUT2D eigenvalue weighted by Gasteiger charge is -2.36. The van der Waals surface area contributed by atoms with Gasteiger partial charge in [-0.05, 0) is 36.4 Å². The third-order valence-electron chi connectivity index (χ3n) is 6.51. The van der Waals surface area contributed by atoms with Gasteiger partial charge in [-0.3, -0.25) is 4.79 Å². The molecule has 0 atom stereocenters. The Morgan fingerprint density at radius 3 is 1.97 bits per heavy atom. The van der Waals surface area contributed by atoms with Gasteiger partial charge in [-0.1, -0.05) is 18.2 Å². The van der Waals surface area contributed by atoms with Crippen LogP contribution in [0.2, 0.25) is 0 Å². The Kier molecular flexibility index (Phi) is 6.23. The summed E-state index contributed by atoms with van der Waals surface area (Å²) in [5, 5.41) is 0.971. The average Bonchev–Trinajstić information content (AvgIpc) is 3.31. The number of anilines is 1. The molecule has 4 aromatic rings. The highest BCUT2D eigenvalue weighted by Crippen LogP contribution is 2.31. The maximum Gasteiger partial charge on any atom is 0.270 e. The second kappa shape index (κ2) is 9.62. The molecule has 1 saturated heterocycles. The number of benzene rings is 3. The molecule has 0 N–H and O–H groups in total. The summed E-state index contributed by atoms with van der Waals surface area (Å²) >= 11 is 0. The Morgan fingerprint density at radius 2 is 1.34 bits per heavy atom. The van der Waals surface area contributed by atoms with E-state index in [1.807, 2.05) is 82.3 Å². The van der Waals surface area contributed by atoms with Crippen molar-refractivity contribution in [2.75, 3.05) is 52.4 Å². The summed E-state index contributed by atoms with van der Waals surface area (Å²) in [6.45, 7) is 2.69. The number of nitrogens with zero attached hydrogens (tertiary/aromatic N) is 3. The van der Waals surface area contributed by atoms with E-state index in [-0.39, 0.29) is 5.91 Å². The van der Waals surface area contributed by atoms with Crippen LogP contribution in [0.25, 0.3) is 16.6 Å². The fourth-order valence-corrected chi connectivity index (χ4v) is 4.64. The Labute approximate surface area is 205 Å². The molecular weight excluding hydrogens is 442 g/mol. The summed E-state index contributed by atoms with van der Waals surface area (Å²) in [4.78, 5) is 18.0. The molecule has 35 heavy (non-hydrogen) atoms. The summed E-state index contributed by atoms with van der Waals surface area (Å²) in [5.74, 6) is 2.29. The van der Waals surface area contributed by atoms with Crippen LogP contribution in [-0.2, 0) is 0 Å². The zero-order valence-electron chi connectivity index (χ0n) is 20.2. The van der Waals surface area contributed by atoms with Gasteiger partial charge in [0.15, 0.2) is 0 Å². The van der Waals surface area contributed by atoms with E-state index in [0.717, 1.165) is 52.6 Å². The number of hydrogen-bond donors (Lipinski definition) is 0. The van der Waals surface area contributed by atoms with Crippen molar-refractivity contribution in [2.45, 2.75) is 0 Å². The summed E-state index contributed by atoms with van der Waals surface area (Å²) in [6, 6.07) is 23.7. The minimum absolute atomic E-state index is 0.0203. The number of hydrogen-bond acceptors (Lipinski definition) is 5. The molecule has 1 aliphatic heterocycles. The first kappa shape index (κ1) is 22.7. The lowest BCUT2D eigenvalue weighted by atomic mass is 10.2. The van der Waals surface area contributed by atoms with Crippen molar-refractivity contribution in [3.63, 3.8) is 0 Å². The molecule has 0 saturated carbocycles. The van der Waals surface area contributed by atoms with Crippen LogP contribution in [0.5, 0.6) is 17.2 Å².